The Balaban J connectivity index is 1.18. The Morgan fingerprint density at radius 2 is 1.74 bits per heavy atom. The molecule has 1 spiro atoms. The summed E-state index contributed by atoms with van der Waals surface area (Å²) in [6.45, 7) is 8.58. The van der Waals surface area contributed by atoms with Gasteiger partial charge in [0.05, 0.1) is 25.5 Å². The molecular weight excluding hydrogens is 584 g/mol. The standard InChI is InChI=1S/C36H42N4O6/c1-3-21-44-35(43)38-29-15-13-28(14-16-29)33-45-31(25(2)32(46-33)27-11-9-26(23-41)10-12-27)22-39-19-17-36(18-20-39)34(42)37-24-40(36)30-7-5-4-6-8-30/h3-16,25,31-33,41H,1,17-24H2,2H3,(H,37,42)(H,38,43). The second kappa shape index (κ2) is 14.0. The third-order valence-corrected chi connectivity index (χ3v) is 9.41. The number of benzene rings is 3. The molecule has 3 aliphatic rings. The second-order valence-corrected chi connectivity index (χ2v) is 12.2. The molecule has 4 atom stereocenters. The minimum atomic E-state index is -0.629. The minimum Gasteiger partial charge on any atom is -0.445 e. The Hall–Kier alpha value is -4.22. The predicted octanol–water partition coefficient (Wildman–Crippen LogP) is 5.13. The molecule has 2 amide bonds. The number of para-hydroxylation sites is 1. The van der Waals surface area contributed by atoms with Crippen molar-refractivity contribution in [1.82, 2.24) is 10.2 Å². The van der Waals surface area contributed by atoms with Gasteiger partial charge in [-0.2, -0.15) is 0 Å². The van der Waals surface area contributed by atoms with Gasteiger partial charge in [0.15, 0.2) is 6.29 Å². The summed E-state index contributed by atoms with van der Waals surface area (Å²) in [6, 6.07) is 25.4. The first-order valence-electron chi connectivity index (χ1n) is 15.9. The molecule has 3 saturated heterocycles. The van der Waals surface area contributed by atoms with Crippen LogP contribution in [0.2, 0.25) is 0 Å². The number of anilines is 2. The van der Waals surface area contributed by atoms with Crippen molar-refractivity contribution < 1.29 is 28.9 Å². The molecule has 0 aliphatic carbocycles. The van der Waals surface area contributed by atoms with Crippen LogP contribution in [-0.2, 0) is 25.6 Å². The average Bonchev–Trinajstić information content (AvgIpc) is 3.41. The fourth-order valence-electron chi connectivity index (χ4n) is 6.73. The number of nitrogens with zero attached hydrogens (tertiary/aromatic N) is 2. The Kier molecular flexibility index (Phi) is 9.70. The number of nitrogens with one attached hydrogen (secondary N) is 2. The predicted molar refractivity (Wildman–Crippen MR) is 175 cm³/mol. The number of hydrogen-bond acceptors (Lipinski definition) is 8. The van der Waals surface area contributed by atoms with Gasteiger partial charge in [0, 0.05) is 42.5 Å². The molecule has 242 valence electrons. The number of carbonyl (C=O) groups excluding carboxylic acids is 2. The van der Waals surface area contributed by atoms with Crippen molar-refractivity contribution in [2.75, 3.05) is 43.1 Å². The Bertz CT molecular complexity index is 1490. The largest absolute Gasteiger partial charge is 0.445 e. The maximum Gasteiger partial charge on any atom is 0.411 e. The summed E-state index contributed by atoms with van der Waals surface area (Å²) in [5.41, 5.74) is 3.80. The first-order valence-corrected chi connectivity index (χ1v) is 15.9. The van der Waals surface area contributed by atoms with Gasteiger partial charge in [0.1, 0.15) is 12.1 Å². The van der Waals surface area contributed by atoms with E-state index in [4.69, 9.17) is 14.2 Å². The Morgan fingerprint density at radius 1 is 1.04 bits per heavy atom. The van der Waals surface area contributed by atoms with Crippen LogP contribution in [-0.4, -0.2) is 66.6 Å². The lowest BCUT2D eigenvalue weighted by Gasteiger charge is -2.46. The van der Waals surface area contributed by atoms with E-state index in [2.05, 4.69) is 46.1 Å². The second-order valence-electron chi connectivity index (χ2n) is 12.2. The molecule has 0 aromatic heterocycles. The zero-order valence-electron chi connectivity index (χ0n) is 26.1. The van der Waals surface area contributed by atoms with Crippen LogP contribution in [0, 0.1) is 5.92 Å². The highest BCUT2D eigenvalue weighted by Gasteiger charge is 2.51. The van der Waals surface area contributed by atoms with Crippen molar-refractivity contribution in [2.45, 2.75) is 50.4 Å². The third-order valence-electron chi connectivity index (χ3n) is 9.41. The van der Waals surface area contributed by atoms with Gasteiger partial charge in [-0.3, -0.25) is 10.1 Å². The minimum absolute atomic E-state index is 0.0204. The highest BCUT2D eigenvalue weighted by atomic mass is 16.7. The van der Waals surface area contributed by atoms with Crippen LogP contribution in [0.5, 0.6) is 0 Å². The van der Waals surface area contributed by atoms with E-state index in [1.807, 2.05) is 54.6 Å². The van der Waals surface area contributed by atoms with E-state index in [1.54, 1.807) is 12.1 Å². The molecule has 0 radical (unpaired) electrons. The molecule has 3 aromatic rings. The number of carbonyl (C=O) groups is 2. The van der Waals surface area contributed by atoms with Crippen LogP contribution >= 0.6 is 0 Å². The van der Waals surface area contributed by atoms with E-state index >= 15 is 0 Å². The molecule has 4 unspecified atom stereocenters. The zero-order valence-corrected chi connectivity index (χ0v) is 26.1. The number of aliphatic hydroxyl groups is 1. The lowest BCUT2D eigenvalue weighted by molar-refractivity contribution is -0.276. The average molecular weight is 627 g/mol. The maximum atomic E-state index is 13.2. The quantitative estimate of drug-likeness (QED) is 0.280. The Morgan fingerprint density at radius 3 is 2.41 bits per heavy atom. The summed E-state index contributed by atoms with van der Waals surface area (Å²) in [5.74, 6) is 0.133. The smallest absolute Gasteiger partial charge is 0.411 e. The molecule has 3 aromatic carbocycles. The third kappa shape index (κ3) is 6.66. The lowest BCUT2D eigenvalue weighted by Crippen LogP contribution is -2.57. The van der Waals surface area contributed by atoms with E-state index in [0.717, 1.165) is 48.3 Å². The summed E-state index contributed by atoms with van der Waals surface area (Å²) in [4.78, 5) is 29.8. The van der Waals surface area contributed by atoms with E-state index in [0.29, 0.717) is 18.9 Å². The van der Waals surface area contributed by atoms with E-state index < -0.39 is 17.9 Å². The number of likely N-dealkylation sites (tertiary alicyclic amines) is 1. The highest BCUT2D eigenvalue weighted by molar-refractivity contribution is 5.93. The van der Waals surface area contributed by atoms with Gasteiger partial charge in [-0.25, -0.2) is 4.79 Å². The molecule has 0 bridgehead atoms. The maximum absolute atomic E-state index is 13.2. The van der Waals surface area contributed by atoms with Crippen molar-refractivity contribution in [1.29, 1.82) is 0 Å². The number of rotatable bonds is 9. The van der Waals surface area contributed by atoms with Gasteiger partial charge in [-0.15, -0.1) is 0 Å². The first-order chi connectivity index (χ1) is 22.4. The van der Waals surface area contributed by atoms with Gasteiger partial charge < -0.3 is 34.4 Å². The number of piperidine rings is 1. The molecular formula is C36H42N4O6. The summed E-state index contributed by atoms with van der Waals surface area (Å²) in [6.07, 6.45) is 1.39. The van der Waals surface area contributed by atoms with E-state index in [1.165, 1.54) is 6.08 Å². The summed E-state index contributed by atoms with van der Waals surface area (Å²) >= 11 is 0. The molecule has 10 heteroatoms. The van der Waals surface area contributed by atoms with Crippen molar-refractivity contribution in [3.8, 4) is 0 Å². The van der Waals surface area contributed by atoms with Gasteiger partial charge in [0.2, 0.25) is 5.91 Å². The van der Waals surface area contributed by atoms with Gasteiger partial charge in [0.25, 0.3) is 0 Å². The van der Waals surface area contributed by atoms with Crippen molar-refractivity contribution in [3.63, 3.8) is 0 Å². The summed E-state index contributed by atoms with van der Waals surface area (Å²) in [5, 5.41) is 15.4. The van der Waals surface area contributed by atoms with Crippen LogP contribution in [0.25, 0.3) is 0 Å². The molecule has 10 nitrogen and oxygen atoms in total. The number of hydrogen-bond donors (Lipinski definition) is 3. The molecule has 3 N–H and O–H groups in total. The summed E-state index contributed by atoms with van der Waals surface area (Å²) in [7, 11) is 0. The van der Waals surface area contributed by atoms with Crippen LogP contribution in [0.4, 0.5) is 16.2 Å². The van der Waals surface area contributed by atoms with Crippen LogP contribution < -0.4 is 15.5 Å². The fourth-order valence-corrected chi connectivity index (χ4v) is 6.73. The van der Waals surface area contributed by atoms with Crippen molar-refractivity contribution in [3.05, 3.63) is 108 Å². The van der Waals surface area contributed by atoms with Crippen LogP contribution in [0.15, 0.2) is 91.5 Å². The molecule has 0 saturated carbocycles. The topological polar surface area (TPSA) is 113 Å². The van der Waals surface area contributed by atoms with E-state index in [9.17, 15) is 14.7 Å². The highest BCUT2D eigenvalue weighted by Crippen LogP contribution is 2.43. The fraction of sp³-hybridized carbons (Fsp3) is 0.389. The van der Waals surface area contributed by atoms with Gasteiger partial charge >= 0.3 is 6.09 Å². The molecule has 3 fully saturated rings. The number of aliphatic hydroxyl groups excluding tert-OH is 1. The van der Waals surface area contributed by atoms with E-state index in [-0.39, 0.29) is 37.2 Å². The van der Waals surface area contributed by atoms with Crippen LogP contribution in [0.3, 0.4) is 0 Å². The molecule has 3 aliphatic heterocycles. The lowest BCUT2D eigenvalue weighted by atomic mass is 9.84. The van der Waals surface area contributed by atoms with Crippen LogP contribution in [0.1, 0.15) is 48.8 Å². The zero-order chi connectivity index (χ0) is 32.1. The van der Waals surface area contributed by atoms with Crippen molar-refractivity contribution in [2.24, 2.45) is 5.92 Å². The van der Waals surface area contributed by atoms with Gasteiger partial charge in [-0.05, 0) is 48.2 Å². The number of ether oxygens (including phenoxy) is 3. The summed E-state index contributed by atoms with van der Waals surface area (Å²) < 4.78 is 18.3. The molecule has 6 rings (SSSR count). The first kappa shape index (κ1) is 31.7. The SMILES string of the molecule is C=CCOC(=O)Nc1ccc(C2OC(CN3CCC4(CC3)C(=O)NCN4c3ccccc3)C(C)C(c3ccc(CO)cc3)O2)cc1. The van der Waals surface area contributed by atoms with Gasteiger partial charge in [-0.1, -0.05) is 74.2 Å². The molecule has 46 heavy (non-hydrogen) atoms. The Labute approximate surface area is 269 Å². The molecule has 3 heterocycles. The van der Waals surface area contributed by atoms with Crippen molar-refractivity contribution >= 4 is 23.4 Å². The number of amides is 2. The monoisotopic (exact) mass is 626 g/mol. The normalized spacial score (nSPS) is 24.4.